The highest BCUT2D eigenvalue weighted by Crippen LogP contribution is 2.16. The van der Waals surface area contributed by atoms with Crippen LogP contribution in [0.3, 0.4) is 0 Å². The Kier molecular flexibility index (Phi) is 3.73. The first-order valence-corrected chi connectivity index (χ1v) is 6.23. The lowest BCUT2D eigenvalue weighted by atomic mass is 10.2. The Balaban J connectivity index is 2.24. The Labute approximate surface area is 113 Å². The van der Waals surface area contributed by atoms with Crippen LogP contribution in [0.4, 0.5) is 5.69 Å². The summed E-state index contributed by atoms with van der Waals surface area (Å²) in [5, 5.41) is 2.88. The predicted molar refractivity (Wildman–Crippen MR) is 76.1 cm³/mol. The highest BCUT2D eigenvalue weighted by molar-refractivity contribution is 14.1. The molecule has 0 aliphatic carbocycles. The molecule has 0 saturated heterocycles. The molecule has 3 nitrogen and oxygen atoms in total. The first-order valence-electron chi connectivity index (χ1n) is 5.15. The number of aromatic nitrogens is 1. The van der Waals surface area contributed by atoms with Gasteiger partial charge in [-0.1, -0.05) is 12.1 Å². The number of benzene rings is 1. The minimum absolute atomic E-state index is 0.0932. The third-order valence-corrected chi connectivity index (χ3v) is 3.33. The monoisotopic (exact) mass is 338 g/mol. The predicted octanol–water partition coefficient (Wildman–Crippen LogP) is 3.25. The summed E-state index contributed by atoms with van der Waals surface area (Å²) in [5.74, 6) is -0.0932. The molecule has 2 aromatic rings. The van der Waals surface area contributed by atoms with Crippen LogP contribution in [0.15, 0.2) is 42.7 Å². The van der Waals surface area contributed by atoms with Crippen LogP contribution < -0.4 is 5.32 Å². The lowest BCUT2D eigenvalue weighted by molar-refractivity contribution is 0.102. The first-order chi connectivity index (χ1) is 8.18. The topological polar surface area (TPSA) is 42.0 Å². The van der Waals surface area contributed by atoms with Crippen molar-refractivity contribution in [1.29, 1.82) is 0 Å². The number of hydrogen-bond donors (Lipinski definition) is 1. The number of hydrogen-bond acceptors (Lipinski definition) is 2. The molecule has 0 aliphatic rings. The second kappa shape index (κ2) is 5.27. The zero-order valence-corrected chi connectivity index (χ0v) is 11.4. The third-order valence-electron chi connectivity index (χ3n) is 2.39. The minimum atomic E-state index is -0.0932. The van der Waals surface area contributed by atoms with Crippen molar-refractivity contribution in [1.82, 2.24) is 4.98 Å². The van der Waals surface area contributed by atoms with Crippen LogP contribution in [0, 0.1) is 10.5 Å². The number of rotatable bonds is 2. The zero-order valence-electron chi connectivity index (χ0n) is 9.27. The molecule has 0 bridgehead atoms. The molecule has 17 heavy (non-hydrogen) atoms. The van der Waals surface area contributed by atoms with E-state index in [0.29, 0.717) is 5.56 Å². The summed E-state index contributed by atoms with van der Waals surface area (Å²) < 4.78 is 0.939. The van der Waals surface area contributed by atoms with Gasteiger partial charge >= 0.3 is 0 Å². The van der Waals surface area contributed by atoms with E-state index in [1.54, 1.807) is 18.5 Å². The maximum atomic E-state index is 12.1. The SMILES string of the molecule is Cc1cnccc1NC(=O)c1ccccc1I. The van der Waals surface area contributed by atoms with Crippen molar-refractivity contribution >= 4 is 34.2 Å². The normalized spacial score (nSPS) is 10.0. The molecule has 4 heteroatoms. The third kappa shape index (κ3) is 2.82. The van der Waals surface area contributed by atoms with E-state index in [2.05, 4.69) is 32.9 Å². The lowest BCUT2D eigenvalue weighted by Gasteiger charge is -2.08. The van der Waals surface area contributed by atoms with Gasteiger partial charge in [-0.05, 0) is 53.3 Å². The molecular formula is C13H11IN2O. The van der Waals surface area contributed by atoms with Crippen LogP contribution in [0.1, 0.15) is 15.9 Å². The van der Waals surface area contributed by atoms with Crippen molar-refractivity contribution in [3.63, 3.8) is 0 Å². The standard InChI is InChI=1S/C13H11IN2O/c1-9-8-15-7-6-12(9)16-13(17)10-4-2-3-5-11(10)14/h2-8H,1H3,(H,15,16,17). The van der Waals surface area contributed by atoms with E-state index < -0.39 is 0 Å². The Morgan fingerprint density at radius 2 is 2.06 bits per heavy atom. The van der Waals surface area contributed by atoms with Gasteiger partial charge in [0.05, 0.1) is 5.56 Å². The number of anilines is 1. The van der Waals surface area contributed by atoms with Gasteiger partial charge in [-0.25, -0.2) is 0 Å². The van der Waals surface area contributed by atoms with Crippen LogP contribution >= 0.6 is 22.6 Å². The molecule has 1 N–H and O–H groups in total. The molecule has 0 radical (unpaired) electrons. The van der Waals surface area contributed by atoms with Crippen molar-refractivity contribution in [2.24, 2.45) is 0 Å². The molecule has 86 valence electrons. The van der Waals surface area contributed by atoms with Crippen molar-refractivity contribution in [2.45, 2.75) is 6.92 Å². The van der Waals surface area contributed by atoms with Gasteiger partial charge in [0.1, 0.15) is 0 Å². The summed E-state index contributed by atoms with van der Waals surface area (Å²) in [4.78, 5) is 16.0. The Morgan fingerprint density at radius 1 is 1.29 bits per heavy atom. The average Bonchev–Trinajstić information content (AvgIpc) is 2.32. The van der Waals surface area contributed by atoms with E-state index in [0.717, 1.165) is 14.8 Å². The van der Waals surface area contributed by atoms with E-state index in [9.17, 15) is 4.79 Å². The fourth-order valence-corrected chi connectivity index (χ4v) is 2.08. The Bertz CT molecular complexity index is 555. The Morgan fingerprint density at radius 3 is 2.76 bits per heavy atom. The molecule has 1 heterocycles. The van der Waals surface area contributed by atoms with Gasteiger partial charge < -0.3 is 5.32 Å². The number of halogens is 1. The number of carbonyl (C=O) groups excluding carboxylic acids is 1. The van der Waals surface area contributed by atoms with Gasteiger partial charge in [-0.2, -0.15) is 0 Å². The smallest absolute Gasteiger partial charge is 0.256 e. The number of nitrogens with zero attached hydrogens (tertiary/aromatic N) is 1. The lowest BCUT2D eigenvalue weighted by Crippen LogP contribution is -2.14. The van der Waals surface area contributed by atoms with Crippen LogP contribution in [-0.2, 0) is 0 Å². The fourth-order valence-electron chi connectivity index (χ4n) is 1.45. The summed E-state index contributed by atoms with van der Waals surface area (Å²) in [6.45, 7) is 1.92. The number of pyridine rings is 1. The molecule has 2 rings (SSSR count). The molecule has 1 aromatic carbocycles. The van der Waals surface area contributed by atoms with Gasteiger partial charge in [-0.3, -0.25) is 9.78 Å². The van der Waals surface area contributed by atoms with E-state index in [-0.39, 0.29) is 5.91 Å². The molecule has 0 saturated carbocycles. The summed E-state index contributed by atoms with van der Waals surface area (Å²) in [6, 6.07) is 9.29. The zero-order chi connectivity index (χ0) is 12.3. The van der Waals surface area contributed by atoms with Crippen LogP contribution in [0.2, 0.25) is 0 Å². The molecular weight excluding hydrogens is 327 g/mol. The molecule has 0 aliphatic heterocycles. The summed E-state index contributed by atoms with van der Waals surface area (Å²) in [6.07, 6.45) is 3.39. The molecule has 0 spiro atoms. The quantitative estimate of drug-likeness (QED) is 0.854. The van der Waals surface area contributed by atoms with Gasteiger partial charge in [0.25, 0.3) is 5.91 Å². The van der Waals surface area contributed by atoms with Crippen LogP contribution in [-0.4, -0.2) is 10.9 Å². The van der Waals surface area contributed by atoms with Crippen molar-refractivity contribution in [2.75, 3.05) is 5.32 Å². The number of nitrogens with one attached hydrogen (secondary N) is 1. The number of amides is 1. The second-order valence-corrected chi connectivity index (χ2v) is 4.79. The summed E-state index contributed by atoms with van der Waals surface area (Å²) in [7, 11) is 0. The highest BCUT2D eigenvalue weighted by atomic mass is 127. The average molecular weight is 338 g/mol. The van der Waals surface area contributed by atoms with Crippen molar-refractivity contribution in [3.8, 4) is 0 Å². The van der Waals surface area contributed by atoms with E-state index in [1.165, 1.54) is 0 Å². The first kappa shape index (κ1) is 12.0. The second-order valence-electron chi connectivity index (χ2n) is 3.62. The minimum Gasteiger partial charge on any atom is -0.322 e. The van der Waals surface area contributed by atoms with Gasteiger partial charge in [0.2, 0.25) is 0 Å². The highest BCUT2D eigenvalue weighted by Gasteiger charge is 2.10. The molecule has 0 fully saturated rings. The van der Waals surface area contributed by atoms with Crippen LogP contribution in [0.25, 0.3) is 0 Å². The van der Waals surface area contributed by atoms with Gasteiger partial charge in [0.15, 0.2) is 0 Å². The molecule has 0 atom stereocenters. The van der Waals surface area contributed by atoms with Crippen molar-refractivity contribution in [3.05, 3.63) is 57.4 Å². The maximum Gasteiger partial charge on any atom is 0.256 e. The molecule has 0 unspecified atom stereocenters. The number of carbonyl (C=O) groups is 1. The Hall–Kier alpha value is -1.43. The summed E-state index contributed by atoms with van der Waals surface area (Å²) >= 11 is 2.15. The van der Waals surface area contributed by atoms with E-state index in [1.807, 2.05) is 31.2 Å². The van der Waals surface area contributed by atoms with Crippen molar-refractivity contribution < 1.29 is 4.79 Å². The van der Waals surface area contributed by atoms with Gasteiger partial charge in [0, 0.05) is 21.7 Å². The summed E-state index contributed by atoms with van der Waals surface area (Å²) in [5.41, 5.74) is 2.43. The number of aryl methyl sites for hydroxylation is 1. The fraction of sp³-hybridized carbons (Fsp3) is 0.0769. The van der Waals surface area contributed by atoms with Gasteiger partial charge in [-0.15, -0.1) is 0 Å². The molecule has 1 aromatic heterocycles. The van der Waals surface area contributed by atoms with Crippen LogP contribution in [0.5, 0.6) is 0 Å². The molecule has 1 amide bonds. The van der Waals surface area contributed by atoms with E-state index >= 15 is 0 Å². The largest absolute Gasteiger partial charge is 0.322 e. The maximum absolute atomic E-state index is 12.1. The van der Waals surface area contributed by atoms with E-state index in [4.69, 9.17) is 0 Å².